The van der Waals surface area contributed by atoms with E-state index in [-0.39, 0.29) is 0 Å². The standard InChI is InChI=1S/C13H14BrClN2O/c1-2-6-17-7-5-16-13(17)12(18)9-3-4-11(15)10(14)8-9/h3-5,7-8,12,18H,2,6H2,1H3. The van der Waals surface area contributed by atoms with Gasteiger partial charge in [0.2, 0.25) is 0 Å². The van der Waals surface area contributed by atoms with Gasteiger partial charge in [0.25, 0.3) is 0 Å². The number of halogens is 2. The topological polar surface area (TPSA) is 38.0 Å². The molecule has 0 aliphatic heterocycles. The van der Waals surface area contributed by atoms with Gasteiger partial charge in [-0.25, -0.2) is 4.98 Å². The predicted molar refractivity (Wildman–Crippen MR) is 75.7 cm³/mol. The van der Waals surface area contributed by atoms with Crippen LogP contribution in [0, 0.1) is 0 Å². The van der Waals surface area contributed by atoms with Crippen LogP contribution in [0.15, 0.2) is 35.1 Å². The second kappa shape index (κ2) is 5.87. The summed E-state index contributed by atoms with van der Waals surface area (Å²) in [5.74, 6) is 0.658. The van der Waals surface area contributed by atoms with Crippen molar-refractivity contribution in [1.82, 2.24) is 9.55 Å². The van der Waals surface area contributed by atoms with E-state index in [0.29, 0.717) is 10.8 Å². The molecule has 96 valence electrons. The molecule has 0 amide bonds. The van der Waals surface area contributed by atoms with Crippen molar-refractivity contribution in [2.75, 3.05) is 0 Å². The zero-order valence-electron chi connectivity index (χ0n) is 9.98. The highest BCUT2D eigenvalue weighted by atomic mass is 79.9. The average Bonchev–Trinajstić information content (AvgIpc) is 2.80. The van der Waals surface area contributed by atoms with Crippen LogP contribution in [0.25, 0.3) is 0 Å². The summed E-state index contributed by atoms with van der Waals surface area (Å²) < 4.78 is 2.74. The molecule has 1 N–H and O–H groups in total. The van der Waals surface area contributed by atoms with Crippen molar-refractivity contribution in [3.05, 3.63) is 51.5 Å². The zero-order valence-corrected chi connectivity index (χ0v) is 12.3. The van der Waals surface area contributed by atoms with Crippen LogP contribution >= 0.6 is 27.5 Å². The van der Waals surface area contributed by atoms with Gasteiger partial charge in [-0.05, 0) is 40.0 Å². The van der Waals surface area contributed by atoms with E-state index in [9.17, 15) is 5.11 Å². The molecule has 0 saturated carbocycles. The summed E-state index contributed by atoms with van der Waals surface area (Å²) in [6.07, 6.45) is 3.85. The van der Waals surface area contributed by atoms with Gasteiger partial charge in [-0.15, -0.1) is 0 Å². The first-order chi connectivity index (χ1) is 8.63. The highest BCUT2D eigenvalue weighted by Crippen LogP contribution is 2.28. The van der Waals surface area contributed by atoms with E-state index in [4.69, 9.17) is 11.6 Å². The van der Waals surface area contributed by atoms with Crippen molar-refractivity contribution < 1.29 is 5.11 Å². The molecule has 0 bridgehead atoms. The number of aliphatic hydroxyl groups excluding tert-OH is 1. The smallest absolute Gasteiger partial charge is 0.142 e. The quantitative estimate of drug-likeness (QED) is 0.926. The lowest BCUT2D eigenvalue weighted by atomic mass is 10.1. The minimum absolute atomic E-state index is 0.628. The third-order valence-electron chi connectivity index (χ3n) is 2.72. The van der Waals surface area contributed by atoms with Crippen LogP contribution in [0.4, 0.5) is 0 Å². The van der Waals surface area contributed by atoms with Crippen LogP contribution in [0.3, 0.4) is 0 Å². The normalized spacial score (nSPS) is 12.7. The summed E-state index contributed by atoms with van der Waals surface area (Å²) in [5.41, 5.74) is 0.773. The largest absolute Gasteiger partial charge is 0.380 e. The van der Waals surface area contributed by atoms with Crippen molar-refractivity contribution in [3.8, 4) is 0 Å². The van der Waals surface area contributed by atoms with Gasteiger partial charge in [0.1, 0.15) is 11.9 Å². The molecule has 1 aromatic carbocycles. The van der Waals surface area contributed by atoms with Crippen LogP contribution < -0.4 is 0 Å². The highest BCUT2D eigenvalue weighted by Gasteiger charge is 2.16. The molecule has 1 unspecified atom stereocenters. The molecule has 0 spiro atoms. The van der Waals surface area contributed by atoms with E-state index in [2.05, 4.69) is 27.8 Å². The Hall–Kier alpha value is -0.840. The molecule has 2 rings (SSSR count). The molecule has 1 atom stereocenters. The Balaban J connectivity index is 2.32. The second-order valence-electron chi connectivity index (χ2n) is 4.05. The molecule has 18 heavy (non-hydrogen) atoms. The van der Waals surface area contributed by atoms with E-state index >= 15 is 0 Å². The number of rotatable bonds is 4. The molecule has 0 aliphatic rings. The number of hydrogen-bond donors (Lipinski definition) is 1. The summed E-state index contributed by atoms with van der Waals surface area (Å²) in [6, 6.07) is 5.39. The summed E-state index contributed by atoms with van der Waals surface area (Å²) in [6.45, 7) is 2.94. The van der Waals surface area contributed by atoms with Crippen LogP contribution in [-0.4, -0.2) is 14.7 Å². The van der Waals surface area contributed by atoms with Gasteiger partial charge < -0.3 is 9.67 Å². The number of benzene rings is 1. The number of aryl methyl sites for hydroxylation is 1. The third kappa shape index (κ3) is 2.76. The van der Waals surface area contributed by atoms with Gasteiger partial charge in [-0.3, -0.25) is 0 Å². The van der Waals surface area contributed by atoms with Gasteiger partial charge in [0.15, 0.2) is 0 Å². The lowest BCUT2D eigenvalue weighted by Crippen LogP contribution is -2.09. The van der Waals surface area contributed by atoms with E-state index < -0.39 is 6.10 Å². The number of aromatic nitrogens is 2. The van der Waals surface area contributed by atoms with E-state index in [1.807, 2.05) is 22.9 Å². The van der Waals surface area contributed by atoms with Crippen LogP contribution in [-0.2, 0) is 6.54 Å². The van der Waals surface area contributed by atoms with Gasteiger partial charge >= 0.3 is 0 Å². The van der Waals surface area contributed by atoms with Crippen LogP contribution in [0.1, 0.15) is 30.8 Å². The van der Waals surface area contributed by atoms with Gasteiger partial charge in [-0.1, -0.05) is 24.6 Å². The summed E-state index contributed by atoms with van der Waals surface area (Å²) >= 11 is 9.30. The molecule has 0 saturated heterocycles. The third-order valence-corrected chi connectivity index (χ3v) is 3.93. The minimum atomic E-state index is -0.736. The monoisotopic (exact) mass is 328 g/mol. The first-order valence-electron chi connectivity index (χ1n) is 5.77. The molecule has 1 aromatic heterocycles. The average molecular weight is 330 g/mol. The number of aliphatic hydroxyl groups is 1. The van der Waals surface area contributed by atoms with Crippen LogP contribution in [0.5, 0.6) is 0 Å². The van der Waals surface area contributed by atoms with Gasteiger partial charge in [-0.2, -0.15) is 0 Å². The molecular weight excluding hydrogens is 316 g/mol. The van der Waals surface area contributed by atoms with Gasteiger partial charge in [0.05, 0.1) is 5.02 Å². The number of imidazole rings is 1. The predicted octanol–water partition coefficient (Wildman–Crippen LogP) is 3.79. The van der Waals surface area contributed by atoms with E-state index in [1.165, 1.54) is 0 Å². The summed E-state index contributed by atoms with van der Waals surface area (Å²) in [5, 5.41) is 11.0. The van der Waals surface area contributed by atoms with Crippen molar-refractivity contribution in [1.29, 1.82) is 0 Å². The minimum Gasteiger partial charge on any atom is -0.380 e. The Morgan fingerprint density at radius 3 is 2.94 bits per heavy atom. The molecule has 0 fully saturated rings. The van der Waals surface area contributed by atoms with Crippen molar-refractivity contribution in [2.24, 2.45) is 0 Å². The molecule has 2 aromatic rings. The number of nitrogens with zero attached hydrogens (tertiary/aromatic N) is 2. The van der Waals surface area contributed by atoms with Gasteiger partial charge in [0, 0.05) is 23.4 Å². The SMILES string of the molecule is CCCn1ccnc1C(O)c1ccc(Cl)c(Br)c1. The molecule has 1 heterocycles. The number of hydrogen-bond acceptors (Lipinski definition) is 2. The molecule has 0 aliphatic carbocycles. The summed E-state index contributed by atoms with van der Waals surface area (Å²) in [4.78, 5) is 4.23. The fourth-order valence-electron chi connectivity index (χ4n) is 1.83. The fraction of sp³-hybridized carbons (Fsp3) is 0.308. The summed E-state index contributed by atoms with van der Waals surface area (Å²) in [7, 11) is 0. The lowest BCUT2D eigenvalue weighted by molar-refractivity contribution is 0.204. The molecular formula is C13H14BrClN2O. The second-order valence-corrected chi connectivity index (χ2v) is 5.32. The maximum absolute atomic E-state index is 10.4. The highest BCUT2D eigenvalue weighted by molar-refractivity contribution is 9.10. The van der Waals surface area contributed by atoms with Crippen LogP contribution in [0.2, 0.25) is 5.02 Å². The zero-order chi connectivity index (χ0) is 13.1. The first kappa shape index (κ1) is 13.6. The Morgan fingerprint density at radius 1 is 1.50 bits per heavy atom. The Labute approximate surface area is 120 Å². The van der Waals surface area contributed by atoms with Crippen molar-refractivity contribution in [3.63, 3.8) is 0 Å². The van der Waals surface area contributed by atoms with Crippen molar-refractivity contribution >= 4 is 27.5 Å². The molecule has 3 nitrogen and oxygen atoms in total. The Kier molecular flexibility index (Phi) is 4.43. The Bertz CT molecular complexity index is 542. The molecule has 5 heteroatoms. The Morgan fingerprint density at radius 2 is 2.28 bits per heavy atom. The lowest BCUT2D eigenvalue weighted by Gasteiger charge is -2.13. The van der Waals surface area contributed by atoms with E-state index in [0.717, 1.165) is 23.0 Å². The van der Waals surface area contributed by atoms with E-state index in [1.54, 1.807) is 12.3 Å². The first-order valence-corrected chi connectivity index (χ1v) is 6.94. The fourth-order valence-corrected chi connectivity index (χ4v) is 2.34. The van der Waals surface area contributed by atoms with Crippen molar-refractivity contribution in [2.45, 2.75) is 26.0 Å². The maximum Gasteiger partial charge on any atom is 0.142 e. The maximum atomic E-state index is 10.4. The molecule has 0 radical (unpaired) electrons.